The molecular formula is C14H17ClN2O2. The van der Waals surface area contributed by atoms with Crippen LogP contribution in [0, 0.1) is 0 Å². The van der Waals surface area contributed by atoms with Gasteiger partial charge in [-0.15, -0.1) is 11.6 Å². The zero-order chi connectivity index (χ0) is 13.2. The number of para-hydroxylation sites is 1. The predicted molar refractivity (Wildman–Crippen MR) is 74.9 cm³/mol. The summed E-state index contributed by atoms with van der Waals surface area (Å²) < 4.78 is 13.2. The van der Waals surface area contributed by atoms with Crippen molar-refractivity contribution in [2.24, 2.45) is 0 Å². The first-order valence-electron chi connectivity index (χ1n) is 6.52. The summed E-state index contributed by atoms with van der Waals surface area (Å²) in [7, 11) is 1.66. The maximum atomic E-state index is 6.05. The second-order valence-electron chi connectivity index (χ2n) is 4.73. The molecule has 5 heteroatoms. The Morgan fingerprint density at radius 3 is 3.11 bits per heavy atom. The molecule has 1 saturated heterocycles. The second-order valence-corrected chi connectivity index (χ2v) is 5.00. The monoisotopic (exact) mass is 280 g/mol. The van der Waals surface area contributed by atoms with Crippen molar-refractivity contribution in [1.82, 2.24) is 9.55 Å². The van der Waals surface area contributed by atoms with E-state index in [1.807, 2.05) is 12.1 Å². The summed E-state index contributed by atoms with van der Waals surface area (Å²) in [6, 6.07) is 6.30. The highest BCUT2D eigenvalue weighted by Gasteiger charge is 2.22. The molecule has 1 unspecified atom stereocenters. The number of alkyl halides is 1. The standard InChI is InChI=1S/C14H17ClN2O2/c1-18-12-6-2-5-11-14(12)16-13(8-15)17(11)10-4-3-7-19-9-10/h2,5-6,10H,3-4,7-9H2,1H3. The lowest BCUT2D eigenvalue weighted by atomic mass is 10.1. The summed E-state index contributed by atoms with van der Waals surface area (Å²) in [5.74, 6) is 2.07. The van der Waals surface area contributed by atoms with Crippen molar-refractivity contribution in [1.29, 1.82) is 0 Å². The summed E-state index contributed by atoms with van der Waals surface area (Å²) in [4.78, 5) is 4.63. The van der Waals surface area contributed by atoms with Gasteiger partial charge in [0, 0.05) is 6.61 Å². The molecule has 0 amide bonds. The molecule has 1 aliphatic heterocycles. The summed E-state index contributed by atoms with van der Waals surface area (Å²) in [6.07, 6.45) is 2.18. The lowest BCUT2D eigenvalue weighted by Crippen LogP contribution is -2.22. The van der Waals surface area contributed by atoms with Crippen molar-refractivity contribution in [2.45, 2.75) is 24.8 Å². The maximum absolute atomic E-state index is 6.05. The van der Waals surface area contributed by atoms with E-state index in [1.54, 1.807) is 7.11 Å². The van der Waals surface area contributed by atoms with Crippen LogP contribution in [0.1, 0.15) is 24.7 Å². The number of fused-ring (bicyclic) bond motifs is 1. The fourth-order valence-electron chi connectivity index (χ4n) is 2.73. The molecule has 1 atom stereocenters. The van der Waals surface area contributed by atoms with Crippen LogP contribution in [-0.2, 0) is 10.6 Å². The van der Waals surface area contributed by atoms with Gasteiger partial charge in [-0.05, 0) is 25.0 Å². The van der Waals surface area contributed by atoms with Crippen LogP contribution in [0.15, 0.2) is 18.2 Å². The number of methoxy groups -OCH3 is 1. The Morgan fingerprint density at radius 1 is 1.53 bits per heavy atom. The molecule has 1 fully saturated rings. The number of nitrogens with zero attached hydrogens (tertiary/aromatic N) is 2. The van der Waals surface area contributed by atoms with Crippen LogP contribution in [0.5, 0.6) is 5.75 Å². The first-order chi connectivity index (χ1) is 9.35. The first kappa shape index (κ1) is 12.8. The van der Waals surface area contributed by atoms with E-state index < -0.39 is 0 Å². The molecule has 0 aliphatic carbocycles. The number of aromatic nitrogens is 2. The van der Waals surface area contributed by atoms with Crippen LogP contribution in [0.2, 0.25) is 0 Å². The number of rotatable bonds is 3. The highest BCUT2D eigenvalue weighted by Crippen LogP contribution is 2.31. The smallest absolute Gasteiger partial charge is 0.146 e. The van der Waals surface area contributed by atoms with Gasteiger partial charge in [0.1, 0.15) is 17.1 Å². The van der Waals surface area contributed by atoms with E-state index in [0.717, 1.165) is 48.7 Å². The Kier molecular flexibility index (Phi) is 3.62. The van der Waals surface area contributed by atoms with E-state index in [4.69, 9.17) is 21.1 Å². The minimum atomic E-state index is 0.319. The van der Waals surface area contributed by atoms with E-state index in [-0.39, 0.29) is 0 Å². The van der Waals surface area contributed by atoms with Gasteiger partial charge in [-0.25, -0.2) is 4.98 Å². The van der Waals surface area contributed by atoms with Gasteiger partial charge in [-0.2, -0.15) is 0 Å². The number of halogens is 1. The maximum Gasteiger partial charge on any atom is 0.146 e. The van der Waals surface area contributed by atoms with E-state index in [9.17, 15) is 0 Å². The molecule has 102 valence electrons. The molecule has 1 aromatic heterocycles. The van der Waals surface area contributed by atoms with Gasteiger partial charge in [0.25, 0.3) is 0 Å². The Bertz CT molecular complexity index is 576. The van der Waals surface area contributed by atoms with Crippen molar-refractivity contribution in [3.8, 4) is 5.75 Å². The third-order valence-corrected chi connectivity index (χ3v) is 3.84. The molecule has 2 heterocycles. The fourth-order valence-corrected chi connectivity index (χ4v) is 2.92. The molecule has 19 heavy (non-hydrogen) atoms. The second kappa shape index (κ2) is 5.39. The van der Waals surface area contributed by atoms with E-state index in [2.05, 4.69) is 15.6 Å². The highest BCUT2D eigenvalue weighted by atomic mass is 35.5. The Hall–Kier alpha value is -1.26. The molecule has 3 rings (SSSR count). The molecule has 2 aromatic rings. The van der Waals surface area contributed by atoms with Crippen molar-refractivity contribution in [3.63, 3.8) is 0 Å². The Labute approximate surface area is 117 Å². The average Bonchev–Trinajstić information content (AvgIpc) is 2.86. The zero-order valence-corrected chi connectivity index (χ0v) is 11.7. The van der Waals surface area contributed by atoms with Crippen LogP contribution in [0.3, 0.4) is 0 Å². The van der Waals surface area contributed by atoms with Crippen LogP contribution in [-0.4, -0.2) is 29.9 Å². The van der Waals surface area contributed by atoms with Gasteiger partial charge < -0.3 is 14.0 Å². The quantitative estimate of drug-likeness (QED) is 0.811. The Balaban J connectivity index is 2.15. The van der Waals surface area contributed by atoms with Gasteiger partial charge in [-0.1, -0.05) is 6.07 Å². The van der Waals surface area contributed by atoms with Gasteiger partial charge in [0.15, 0.2) is 0 Å². The van der Waals surface area contributed by atoms with Crippen molar-refractivity contribution < 1.29 is 9.47 Å². The molecule has 1 aliphatic rings. The SMILES string of the molecule is COc1cccc2c1nc(CCl)n2C1CCCOC1. The zero-order valence-electron chi connectivity index (χ0n) is 10.9. The van der Waals surface area contributed by atoms with Crippen LogP contribution in [0.25, 0.3) is 11.0 Å². The van der Waals surface area contributed by atoms with Gasteiger partial charge in [0.2, 0.25) is 0 Å². The third kappa shape index (κ3) is 2.19. The minimum Gasteiger partial charge on any atom is -0.494 e. The number of hydrogen-bond acceptors (Lipinski definition) is 3. The lowest BCUT2D eigenvalue weighted by Gasteiger charge is -2.25. The van der Waals surface area contributed by atoms with Crippen LogP contribution in [0.4, 0.5) is 0 Å². The summed E-state index contributed by atoms with van der Waals surface area (Å²) in [5.41, 5.74) is 1.96. The highest BCUT2D eigenvalue weighted by molar-refractivity contribution is 6.16. The lowest BCUT2D eigenvalue weighted by molar-refractivity contribution is 0.0597. The Morgan fingerprint density at radius 2 is 2.42 bits per heavy atom. The molecule has 0 saturated carbocycles. The molecule has 4 nitrogen and oxygen atoms in total. The van der Waals surface area contributed by atoms with Crippen molar-refractivity contribution in [2.75, 3.05) is 20.3 Å². The molecular weight excluding hydrogens is 264 g/mol. The first-order valence-corrected chi connectivity index (χ1v) is 7.06. The molecule has 0 spiro atoms. The van der Waals surface area contributed by atoms with Gasteiger partial charge in [-0.3, -0.25) is 0 Å². The number of imidazole rings is 1. The predicted octanol–water partition coefficient (Wildman–Crippen LogP) is 3.14. The third-order valence-electron chi connectivity index (χ3n) is 3.60. The minimum absolute atomic E-state index is 0.319. The fraction of sp³-hybridized carbons (Fsp3) is 0.500. The molecule has 0 N–H and O–H groups in total. The average molecular weight is 281 g/mol. The molecule has 1 aromatic carbocycles. The normalized spacial score (nSPS) is 19.8. The number of hydrogen-bond donors (Lipinski definition) is 0. The van der Waals surface area contributed by atoms with Crippen LogP contribution >= 0.6 is 11.6 Å². The number of benzene rings is 1. The van der Waals surface area contributed by atoms with Crippen molar-refractivity contribution in [3.05, 3.63) is 24.0 Å². The topological polar surface area (TPSA) is 36.3 Å². The number of ether oxygens (including phenoxy) is 2. The largest absolute Gasteiger partial charge is 0.494 e. The van der Waals surface area contributed by atoms with Gasteiger partial charge in [0.05, 0.1) is 31.2 Å². The van der Waals surface area contributed by atoms with Gasteiger partial charge >= 0.3 is 0 Å². The summed E-state index contributed by atoms with van der Waals surface area (Å²) >= 11 is 6.05. The van der Waals surface area contributed by atoms with Crippen molar-refractivity contribution >= 4 is 22.6 Å². The molecule has 0 radical (unpaired) electrons. The summed E-state index contributed by atoms with van der Waals surface area (Å²) in [5, 5.41) is 0. The van der Waals surface area contributed by atoms with E-state index in [0.29, 0.717) is 11.9 Å². The van der Waals surface area contributed by atoms with Crippen LogP contribution < -0.4 is 4.74 Å². The van der Waals surface area contributed by atoms with E-state index in [1.165, 1.54) is 0 Å². The summed E-state index contributed by atoms with van der Waals surface area (Å²) in [6.45, 7) is 1.58. The molecule has 0 bridgehead atoms. The van der Waals surface area contributed by atoms with E-state index >= 15 is 0 Å².